The number of rotatable bonds is 9. The molecule has 0 aliphatic heterocycles. The Kier molecular flexibility index (Phi) is 7.09. The van der Waals surface area contributed by atoms with Gasteiger partial charge in [0.1, 0.15) is 5.56 Å². The van der Waals surface area contributed by atoms with Gasteiger partial charge in [0.05, 0.1) is 6.61 Å². The van der Waals surface area contributed by atoms with Gasteiger partial charge in [-0.15, -0.1) is 5.10 Å². The Bertz CT molecular complexity index is 1200. The standard InChI is InChI=1S/C24H26N6O2S/c1-4-14-30(23-21(16(3)33-27-23)24(31)32-5-2)15-17-10-12-18(13-11-17)19-8-6-7-9-20(19)22-25-28-29-26-22/h6-13H,4-5,14-15H2,1-3H3,(H,25,26,28,29). The minimum absolute atomic E-state index is 0.311. The van der Waals surface area contributed by atoms with E-state index in [1.807, 2.05) is 32.0 Å². The Labute approximate surface area is 196 Å². The molecule has 0 spiro atoms. The van der Waals surface area contributed by atoms with E-state index in [1.54, 1.807) is 0 Å². The number of hydrogen-bond acceptors (Lipinski definition) is 8. The second kappa shape index (κ2) is 10.4. The fraction of sp³-hybridized carbons (Fsp3) is 0.292. The van der Waals surface area contributed by atoms with E-state index in [4.69, 9.17) is 4.74 Å². The van der Waals surface area contributed by atoms with E-state index in [0.29, 0.717) is 30.4 Å². The summed E-state index contributed by atoms with van der Waals surface area (Å²) in [5, 5.41) is 14.3. The number of nitrogens with one attached hydrogen (secondary N) is 1. The van der Waals surface area contributed by atoms with Gasteiger partial charge in [-0.3, -0.25) is 0 Å². The van der Waals surface area contributed by atoms with E-state index in [1.165, 1.54) is 11.5 Å². The molecule has 33 heavy (non-hydrogen) atoms. The number of hydrogen-bond donors (Lipinski definition) is 1. The van der Waals surface area contributed by atoms with Crippen LogP contribution in [0.25, 0.3) is 22.5 Å². The third kappa shape index (κ3) is 4.93. The number of ether oxygens (including phenoxy) is 1. The monoisotopic (exact) mass is 462 g/mol. The molecule has 170 valence electrons. The topological polar surface area (TPSA) is 96.9 Å². The first-order valence-electron chi connectivity index (χ1n) is 10.9. The minimum Gasteiger partial charge on any atom is -0.462 e. The number of anilines is 1. The lowest BCUT2D eigenvalue weighted by Crippen LogP contribution is -2.26. The molecule has 2 heterocycles. The molecule has 9 heteroatoms. The van der Waals surface area contributed by atoms with Gasteiger partial charge in [-0.25, -0.2) is 9.89 Å². The van der Waals surface area contributed by atoms with E-state index >= 15 is 0 Å². The molecule has 0 aliphatic carbocycles. The van der Waals surface area contributed by atoms with Crippen LogP contribution in [-0.4, -0.2) is 44.1 Å². The molecule has 0 unspecified atom stereocenters. The Balaban J connectivity index is 1.60. The summed E-state index contributed by atoms with van der Waals surface area (Å²) in [4.78, 5) is 15.6. The van der Waals surface area contributed by atoms with Crippen LogP contribution in [0.1, 0.15) is 41.1 Å². The molecular weight excluding hydrogens is 436 g/mol. The second-order valence-corrected chi connectivity index (χ2v) is 8.55. The zero-order valence-corrected chi connectivity index (χ0v) is 19.7. The number of benzene rings is 2. The van der Waals surface area contributed by atoms with Crippen LogP contribution in [0.15, 0.2) is 48.5 Å². The summed E-state index contributed by atoms with van der Waals surface area (Å²) >= 11 is 1.34. The maximum Gasteiger partial charge on any atom is 0.343 e. The first kappa shape index (κ1) is 22.6. The summed E-state index contributed by atoms with van der Waals surface area (Å²) in [5.41, 5.74) is 4.77. The summed E-state index contributed by atoms with van der Waals surface area (Å²) < 4.78 is 9.86. The zero-order valence-electron chi connectivity index (χ0n) is 18.9. The summed E-state index contributed by atoms with van der Waals surface area (Å²) in [6.07, 6.45) is 0.940. The Morgan fingerprint density at radius 1 is 1.09 bits per heavy atom. The molecule has 0 saturated carbocycles. The molecule has 0 atom stereocenters. The van der Waals surface area contributed by atoms with Gasteiger partial charge in [0, 0.05) is 23.5 Å². The van der Waals surface area contributed by atoms with E-state index in [2.05, 4.69) is 67.2 Å². The Hall–Kier alpha value is -3.59. The van der Waals surface area contributed by atoms with Crippen molar-refractivity contribution in [2.24, 2.45) is 0 Å². The highest BCUT2D eigenvalue weighted by Gasteiger charge is 2.24. The van der Waals surface area contributed by atoms with Gasteiger partial charge in [-0.2, -0.15) is 4.37 Å². The number of carbonyl (C=O) groups excluding carboxylic acids is 1. The second-order valence-electron chi connectivity index (χ2n) is 7.57. The normalized spacial score (nSPS) is 10.9. The SMILES string of the molecule is CCCN(Cc1ccc(-c2ccccc2-c2nnn[nH]2)cc1)c1nsc(C)c1C(=O)OCC. The molecule has 2 aromatic heterocycles. The predicted octanol–water partition coefficient (Wildman–Crippen LogP) is 4.89. The lowest BCUT2D eigenvalue weighted by atomic mass is 9.98. The fourth-order valence-electron chi connectivity index (χ4n) is 3.77. The largest absolute Gasteiger partial charge is 0.462 e. The van der Waals surface area contributed by atoms with Crippen molar-refractivity contribution in [3.8, 4) is 22.5 Å². The molecular formula is C24H26N6O2S. The average molecular weight is 463 g/mol. The van der Waals surface area contributed by atoms with E-state index in [9.17, 15) is 4.79 Å². The lowest BCUT2D eigenvalue weighted by Gasteiger charge is -2.23. The van der Waals surface area contributed by atoms with Gasteiger partial charge in [0.2, 0.25) is 0 Å². The highest BCUT2D eigenvalue weighted by molar-refractivity contribution is 7.06. The molecule has 1 N–H and O–H groups in total. The smallest absolute Gasteiger partial charge is 0.343 e. The number of aromatic amines is 1. The van der Waals surface area contributed by atoms with Crippen molar-refractivity contribution in [1.82, 2.24) is 25.0 Å². The Morgan fingerprint density at radius 3 is 2.52 bits per heavy atom. The van der Waals surface area contributed by atoms with E-state index in [0.717, 1.165) is 40.1 Å². The minimum atomic E-state index is -0.311. The van der Waals surface area contributed by atoms with Crippen LogP contribution < -0.4 is 4.90 Å². The quantitative estimate of drug-likeness (QED) is 0.354. The lowest BCUT2D eigenvalue weighted by molar-refractivity contribution is 0.0526. The van der Waals surface area contributed by atoms with Gasteiger partial charge in [0.15, 0.2) is 11.6 Å². The fourth-order valence-corrected chi connectivity index (χ4v) is 4.47. The maximum atomic E-state index is 12.5. The molecule has 0 amide bonds. The van der Waals surface area contributed by atoms with Crippen LogP contribution in [0.5, 0.6) is 0 Å². The molecule has 0 bridgehead atoms. The first-order chi connectivity index (χ1) is 16.1. The summed E-state index contributed by atoms with van der Waals surface area (Å²) in [7, 11) is 0. The van der Waals surface area contributed by atoms with Crippen LogP contribution in [0.2, 0.25) is 0 Å². The van der Waals surface area contributed by atoms with Crippen molar-refractivity contribution in [2.75, 3.05) is 18.1 Å². The van der Waals surface area contributed by atoms with Crippen molar-refractivity contribution in [3.05, 3.63) is 64.5 Å². The first-order valence-corrected chi connectivity index (χ1v) is 11.7. The van der Waals surface area contributed by atoms with Crippen molar-refractivity contribution in [1.29, 1.82) is 0 Å². The number of esters is 1. The van der Waals surface area contributed by atoms with Crippen molar-refractivity contribution < 1.29 is 9.53 Å². The van der Waals surface area contributed by atoms with Gasteiger partial charge >= 0.3 is 5.97 Å². The highest BCUT2D eigenvalue weighted by Crippen LogP contribution is 2.31. The predicted molar refractivity (Wildman–Crippen MR) is 129 cm³/mol. The molecule has 4 rings (SSSR count). The molecule has 4 aromatic rings. The van der Waals surface area contributed by atoms with Crippen molar-refractivity contribution in [2.45, 2.75) is 33.7 Å². The average Bonchev–Trinajstić information content (AvgIpc) is 3.50. The number of nitrogens with zero attached hydrogens (tertiary/aromatic N) is 5. The summed E-state index contributed by atoms with van der Waals surface area (Å²) in [6, 6.07) is 16.4. The van der Waals surface area contributed by atoms with Gasteiger partial charge in [-0.05, 0) is 58.9 Å². The zero-order chi connectivity index (χ0) is 23.2. The third-order valence-electron chi connectivity index (χ3n) is 5.28. The Morgan fingerprint density at radius 2 is 1.85 bits per heavy atom. The summed E-state index contributed by atoms with van der Waals surface area (Å²) in [6.45, 7) is 7.63. The molecule has 0 saturated heterocycles. The van der Waals surface area contributed by atoms with E-state index in [-0.39, 0.29) is 5.97 Å². The number of aromatic nitrogens is 5. The number of aryl methyl sites for hydroxylation is 1. The van der Waals surface area contributed by atoms with Crippen LogP contribution in [0.4, 0.5) is 5.82 Å². The van der Waals surface area contributed by atoms with Gasteiger partial charge in [0.25, 0.3) is 0 Å². The third-order valence-corrected chi connectivity index (χ3v) is 6.03. The van der Waals surface area contributed by atoms with E-state index < -0.39 is 0 Å². The molecule has 0 aliphatic rings. The summed E-state index contributed by atoms with van der Waals surface area (Å²) in [5.74, 6) is 1.02. The number of tetrazole rings is 1. The van der Waals surface area contributed by atoms with Gasteiger partial charge in [-0.1, -0.05) is 55.5 Å². The van der Waals surface area contributed by atoms with Gasteiger partial charge < -0.3 is 9.64 Å². The molecule has 8 nitrogen and oxygen atoms in total. The molecule has 0 fully saturated rings. The van der Waals surface area contributed by atoms with Crippen molar-refractivity contribution >= 4 is 23.3 Å². The maximum absolute atomic E-state index is 12.5. The van der Waals surface area contributed by atoms with Crippen LogP contribution in [0, 0.1) is 6.92 Å². The molecule has 0 radical (unpaired) electrons. The van der Waals surface area contributed by atoms with Crippen LogP contribution in [-0.2, 0) is 11.3 Å². The number of carbonyl (C=O) groups is 1. The molecule has 2 aromatic carbocycles. The van der Waals surface area contributed by atoms with Crippen LogP contribution in [0.3, 0.4) is 0 Å². The van der Waals surface area contributed by atoms with Crippen LogP contribution >= 0.6 is 11.5 Å². The highest BCUT2D eigenvalue weighted by atomic mass is 32.1. The van der Waals surface area contributed by atoms with Crippen molar-refractivity contribution in [3.63, 3.8) is 0 Å². The number of H-pyrrole nitrogens is 1.